The Morgan fingerprint density at radius 2 is 2.40 bits per heavy atom. The minimum atomic E-state index is -1.03. The first-order valence-electron chi connectivity index (χ1n) is 2.78. The van der Waals surface area contributed by atoms with Crippen LogP contribution in [-0.4, -0.2) is 28.4 Å². The average molecular weight is 164 g/mol. The fourth-order valence-corrected chi connectivity index (χ4v) is 1.04. The maximum absolute atomic E-state index is 10.6. The van der Waals surface area contributed by atoms with Gasteiger partial charge in [0.05, 0.1) is 0 Å². The van der Waals surface area contributed by atoms with Crippen molar-refractivity contribution in [2.45, 2.75) is 17.8 Å². The van der Waals surface area contributed by atoms with Crippen LogP contribution in [0.3, 0.4) is 0 Å². The molecule has 0 aromatic rings. The summed E-state index contributed by atoms with van der Waals surface area (Å²) in [5, 5.41) is 9.93. The monoisotopic (exact) mass is 163 g/mol. The molecule has 1 aliphatic heterocycles. The number of hydrogen-bond acceptors (Lipinski definition) is 2. The lowest BCUT2D eigenvalue weighted by Gasteiger charge is -1.99. The second kappa shape index (κ2) is 2.46. The third-order valence-corrected chi connectivity index (χ3v) is 1.72. The van der Waals surface area contributed by atoms with Gasteiger partial charge in [-0.05, 0) is 0 Å². The lowest BCUT2D eigenvalue weighted by Crippen LogP contribution is -2.32. The molecule has 0 aromatic carbocycles. The van der Waals surface area contributed by atoms with Crippen LogP contribution >= 0.6 is 11.6 Å². The lowest BCUT2D eigenvalue weighted by atomic mass is 10.2. The maximum Gasteiger partial charge on any atom is 0.326 e. The van der Waals surface area contributed by atoms with Crippen LogP contribution in [0.1, 0.15) is 6.42 Å². The van der Waals surface area contributed by atoms with Crippen LogP contribution in [0, 0.1) is 0 Å². The number of carboxylic acids is 1. The van der Waals surface area contributed by atoms with Gasteiger partial charge in [0.15, 0.2) is 0 Å². The molecule has 0 aliphatic carbocycles. The van der Waals surface area contributed by atoms with E-state index in [1.807, 2.05) is 0 Å². The number of amides is 1. The van der Waals surface area contributed by atoms with Gasteiger partial charge in [0.1, 0.15) is 11.4 Å². The van der Waals surface area contributed by atoms with Gasteiger partial charge in [0.2, 0.25) is 5.91 Å². The Morgan fingerprint density at radius 3 is 2.60 bits per heavy atom. The molecule has 1 saturated heterocycles. The summed E-state index contributed by atoms with van der Waals surface area (Å²) >= 11 is 5.43. The van der Waals surface area contributed by atoms with Crippen LogP contribution in [0.5, 0.6) is 0 Å². The van der Waals surface area contributed by atoms with Crippen LogP contribution in [0.25, 0.3) is 0 Å². The number of hydrogen-bond donors (Lipinski definition) is 2. The third-order valence-electron chi connectivity index (χ3n) is 1.34. The Morgan fingerprint density at radius 1 is 1.80 bits per heavy atom. The van der Waals surface area contributed by atoms with Gasteiger partial charge in [0, 0.05) is 6.42 Å². The Labute approximate surface area is 62.2 Å². The first-order chi connectivity index (χ1) is 4.61. The zero-order valence-electron chi connectivity index (χ0n) is 5.00. The maximum atomic E-state index is 10.6. The van der Waals surface area contributed by atoms with E-state index in [1.165, 1.54) is 0 Å². The number of alkyl halides is 1. The first kappa shape index (κ1) is 7.34. The fourth-order valence-electron chi connectivity index (χ4n) is 0.798. The zero-order chi connectivity index (χ0) is 7.72. The molecule has 4 nitrogen and oxygen atoms in total. The van der Waals surface area contributed by atoms with Gasteiger partial charge >= 0.3 is 5.97 Å². The van der Waals surface area contributed by atoms with E-state index >= 15 is 0 Å². The van der Waals surface area contributed by atoms with E-state index < -0.39 is 23.3 Å². The van der Waals surface area contributed by atoms with Crippen LogP contribution in [0.2, 0.25) is 0 Å². The number of carbonyl (C=O) groups is 2. The molecule has 0 radical (unpaired) electrons. The van der Waals surface area contributed by atoms with Crippen molar-refractivity contribution in [2.24, 2.45) is 0 Å². The van der Waals surface area contributed by atoms with E-state index in [0.29, 0.717) is 0 Å². The van der Waals surface area contributed by atoms with Crippen molar-refractivity contribution in [1.82, 2.24) is 5.32 Å². The van der Waals surface area contributed by atoms with Crippen LogP contribution in [0.4, 0.5) is 0 Å². The van der Waals surface area contributed by atoms with Gasteiger partial charge < -0.3 is 10.4 Å². The van der Waals surface area contributed by atoms with E-state index in [0.717, 1.165) is 0 Å². The standard InChI is InChI=1S/C5H6ClNO3/c6-2-1-3(5(9)10)7-4(2)8/h2-3H,1H2,(H,7,8)(H,9,10)/t2?,3-/m0/s1. The molecule has 0 spiro atoms. The van der Waals surface area contributed by atoms with Gasteiger partial charge in [-0.15, -0.1) is 11.6 Å². The Balaban J connectivity index is 2.57. The normalized spacial score (nSPS) is 31.9. The molecule has 10 heavy (non-hydrogen) atoms. The molecule has 1 unspecified atom stereocenters. The largest absolute Gasteiger partial charge is 0.480 e. The molecule has 0 saturated carbocycles. The summed E-state index contributed by atoms with van der Waals surface area (Å²) in [7, 11) is 0. The summed E-state index contributed by atoms with van der Waals surface area (Å²) in [6.07, 6.45) is 0.176. The molecular weight excluding hydrogens is 158 g/mol. The highest BCUT2D eigenvalue weighted by molar-refractivity contribution is 6.31. The first-order valence-corrected chi connectivity index (χ1v) is 3.22. The quantitative estimate of drug-likeness (QED) is 0.516. The Bertz CT molecular complexity index is 182. The van der Waals surface area contributed by atoms with Gasteiger partial charge in [-0.25, -0.2) is 4.79 Å². The van der Waals surface area contributed by atoms with E-state index in [1.54, 1.807) is 0 Å². The van der Waals surface area contributed by atoms with Gasteiger partial charge in [0.25, 0.3) is 0 Å². The minimum absolute atomic E-state index is 0.176. The molecule has 1 fully saturated rings. The summed E-state index contributed by atoms with van der Waals surface area (Å²) in [5.41, 5.74) is 0. The average Bonchev–Trinajstić information content (AvgIpc) is 2.13. The highest BCUT2D eigenvalue weighted by atomic mass is 35.5. The Hall–Kier alpha value is -0.770. The topological polar surface area (TPSA) is 66.4 Å². The number of carbonyl (C=O) groups excluding carboxylic acids is 1. The highest BCUT2D eigenvalue weighted by Crippen LogP contribution is 2.13. The van der Waals surface area contributed by atoms with E-state index in [4.69, 9.17) is 16.7 Å². The van der Waals surface area contributed by atoms with Crippen molar-refractivity contribution in [3.8, 4) is 0 Å². The second-order valence-electron chi connectivity index (χ2n) is 2.10. The summed E-state index contributed by atoms with van der Waals surface area (Å²) in [6.45, 7) is 0. The third kappa shape index (κ3) is 1.21. The van der Waals surface area contributed by atoms with E-state index in [9.17, 15) is 9.59 Å². The molecule has 1 rings (SSSR count). The molecule has 56 valence electrons. The van der Waals surface area contributed by atoms with Crippen molar-refractivity contribution in [3.05, 3.63) is 0 Å². The molecule has 1 amide bonds. The molecule has 2 N–H and O–H groups in total. The summed E-state index contributed by atoms with van der Waals surface area (Å²) in [6, 6.07) is -0.796. The minimum Gasteiger partial charge on any atom is -0.480 e. The van der Waals surface area contributed by atoms with Crippen molar-refractivity contribution < 1.29 is 14.7 Å². The number of halogens is 1. The van der Waals surface area contributed by atoms with Crippen LogP contribution in [0.15, 0.2) is 0 Å². The highest BCUT2D eigenvalue weighted by Gasteiger charge is 2.34. The second-order valence-corrected chi connectivity index (χ2v) is 2.63. The summed E-state index contributed by atoms with van der Waals surface area (Å²) in [4.78, 5) is 20.8. The predicted molar refractivity (Wildman–Crippen MR) is 33.8 cm³/mol. The van der Waals surface area contributed by atoms with Gasteiger partial charge in [-0.1, -0.05) is 0 Å². The molecule has 2 atom stereocenters. The molecule has 0 aromatic heterocycles. The van der Waals surface area contributed by atoms with E-state index in [2.05, 4.69) is 5.32 Å². The number of carboxylic acid groups (broad SMARTS) is 1. The lowest BCUT2D eigenvalue weighted by molar-refractivity contribution is -0.140. The summed E-state index contributed by atoms with van der Waals surface area (Å²) in [5.74, 6) is -1.43. The van der Waals surface area contributed by atoms with Crippen molar-refractivity contribution in [2.75, 3.05) is 0 Å². The van der Waals surface area contributed by atoms with Crippen molar-refractivity contribution >= 4 is 23.5 Å². The predicted octanol–water partition coefficient (Wildman–Crippen LogP) is -0.433. The smallest absolute Gasteiger partial charge is 0.326 e. The van der Waals surface area contributed by atoms with Crippen molar-refractivity contribution in [3.63, 3.8) is 0 Å². The molecular formula is C5H6ClNO3. The molecule has 0 bridgehead atoms. The van der Waals surface area contributed by atoms with Crippen molar-refractivity contribution in [1.29, 1.82) is 0 Å². The SMILES string of the molecule is O=C1N[C@H](C(=O)O)CC1Cl. The van der Waals surface area contributed by atoms with Gasteiger partial charge in [-0.2, -0.15) is 0 Å². The summed E-state index contributed by atoms with van der Waals surface area (Å²) < 4.78 is 0. The molecule has 1 heterocycles. The van der Waals surface area contributed by atoms with E-state index in [-0.39, 0.29) is 6.42 Å². The number of aliphatic carboxylic acids is 1. The molecule has 1 aliphatic rings. The van der Waals surface area contributed by atoms with Gasteiger partial charge in [-0.3, -0.25) is 4.79 Å². The zero-order valence-corrected chi connectivity index (χ0v) is 5.76. The molecule has 5 heteroatoms. The Kier molecular flexibility index (Phi) is 1.80. The van der Waals surface area contributed by atoms with Crippen LogP contribution < -0.4 is 5.32 Å². The number of nitrogens with one attached hydrogen (secondary N) is 1. The van der Waals surface area contributed by atoms with Crippen LogP contribution in [-0.2, 0) is 9.59 Å². The fraction of sp³-hybridized carbons (Fsp3) is 0.600. The number of rotatable bonds is 1.